The van der Waals surface area contributed by atoms with Gasteiger partial charge < -0.3 is 20.7 Å². The molecule has 1 aliphatic heterocycles. The van der Waals surface area contributed by atoms with Crippen LogP contribution in [0.4, 0.5) is 11.5 Å². The van der Waals surface area contributed by atoms with Gasteiger partial charge in [-0.15, -0.1) is 0 Å². The molecule has 17 heavy (non-hydrogen) atoms. The van der Waals surface area contributed by atoms with E-state index in [0.29, 0.717) is 18.2 Å². The Hall–Kier alpha value is -1.69. The normalized spacial score (nSPS) is 24.0. The van der Waals surface area contributed by atoms with Crippen LogP contribution in [0.15, 0.2) is 18.3 Å². The fraction of sp³-hybridized carbons (Fsp3) is 0.545. The van der Waals surface area contributed by atoms with Gasteiger partial charge in [0.05, 0.1) is 0 Å². The Morgan fingerprint density at radius 2 is 2.47 bits per heavy atom. The number of aromatic nitrogens is 1. The molecule has 1 aromatic rings. The summed E-state index contributed by atoms with van der Waals surface area (Å²) in [6.45, 7) is 3.45. The third kappa shape index (κ3) is 2.21. The molecule has 0 aromatic carbocycles. The standard InChI is InChI=1S/C11H16N4O2/c1-8-5-9(6-12)7-14(8)10-3-2-4-13-11(10)15(16)17/h2-4,8-9H,5-7,12H2,1H3. The van der Waals surface area contributed by atoms with E-state index in [4.69, 9.17) is 5.73 Å². The molecule has 2 heterocycles. The molecule has 0 radical (unpaired) electrons. The molecule has 0 spiro atoms. The fourth-order valence-corrected chi connectivity index (χ4v) is 2.40. The molecule has 1 fully saturated rings. The molecule has 2 N–H and O–H groups in total. The number of rotatable bonds is 3. The van der Waals surface area contributed by atoms with Gasteiger partial charge in [-0.05, 0) is 47.8 Å². The van der Waals surface area contributed by atoms with Crippen molar-refractivity contribution in [3.05, 3.63) is 28.4 Å². The largest absolute Gasteiger partial charge is 0.387 e. The first-order valence-electron chi connectivity index (χ1n) is 5.69. The van der Waals surface area contributed by atoms with E-state index in [-0.39, 0.29) is 11.9 Å². The Labute approximate surface area is 99.6 Å². The highest BCUT2D eigenvalue weighted by atomic mass is 16.6. The smallest absolute Gasteiger partial charge is 0.362 e. The lowest BCUT2D eigenvalue weighted by Crippen LogP contribution is -2.28. The van der Waals surface area contributed by atoms with E-state index in [1.807, 2.05) is 4.90 Å². The molecule has 2 unspecified atom stereocenters. The summed E-state index contributed by atoms with van der Waals surface area (Å²) in [5.41, 5.74) is 6.26. The minimum absolute atomic E-state index is 0.0722. The van der Waals surface area contributed by atoms with E-state index in [9.17, 15) is 10.1 Å². The topological polar surface area (TPSA) is 85.3 Å². The lowest BCUT2D eigenvalue weighted by molar-refractivity contribution is -0.388. The molecular weight excluding hydrogens is 220 g/mol. The molecule has 0 saturated carbocycles. The van der Waals surface area contributed by atoms with Gasteiger partial charge in [-0.1, -0.05) is 0 Å². The van der Waals surface area contributed by atoms with Gasteiger partial charge in [-0.2, -0.15) is 0 Å². The lowest BCUT2D eigenvalue weighted by atomic mass is 10.1. The molecule has 1 saturated heterocycles. The monoisotopic (exact) mass is 236 g/mol. The number of hydrogen-bond donors (Lipinski definition) is 1. The summed E-state index contributed by atoms with van der Waals surface area (Å²) >= 11 is 0. The molecule has 0 bridgehead atoms. The molecule has 0 amide bonds. The third-order valence-corrected chi connectivity index (χ3v) is 3.24. The minimum atomic E-state index is -0.433. The number of nitrogens with zero attached hydrogens (tertiary/aromatic N) is 3. The van der Waals surface area contributed by atoms with Crippen molar-refractivity contribution in [3.63, 3.8) is 0 Å². The van der Waals surface area contributed by atoms with E-state index in [1.165, 1.54) is 6.20 Å². The maximum atomic E-state index is 10.9. The second-order valence-corrected chi connectivity index (χ2v) is 4.44. The van der Waals surface area contributed by atoms with Gasteiger partial charge >= 0.3 is 5.82 Å². The van der Waals surface area contributed by atoms with Gasteiger partial charge in [0.15, 0.2) is 0 Å². The van der Waals surface area contributed by atoms with Crippen molar-refractivity contribution in [2.75, 3.05) is 18.0 Å². The first-order valence-corrected chi connectivity index (χ1v) is 5.69. The highest BCUT2D eigenvalue weighted by molar-refractivity contribution is 5.60. The molecule has 6 nitrogen and oxygen atoms in total. The van der Waals surface area contributed by atoms with E-state index in [1.54, 1.807) is 12.1 Å². The highest BCUT2D eigenvalue weighted by Crippen LogP contribution is 2.33. The van der Waals surface area contributed by atoms with Gasteiger partial charge in [0.25, 0.3) is 0 Å². The van der Waals surface area contributed by atoms with Crippen LogP contribution in [0.2, 0.25) is 0 Å². The number of pyridine rings is 1. The van der Waals surface area contributed by atoms with E-state index in [0.717, 1.165) is 13.0 Å². The molecule has 6 heteroatoms. The van der Waals surface area contributed by atoms with Crippen molar-refractivity contribution in [1.29, 1.82) is 0 Å². The van der Waals surface area contributed by atoms with Crippen molar-refractivity contribution < 1.29 is 4.92 Å². The lowest BCUT2D eigenvalue weighted by Gasteiger charge is -2.22. The molecule has 0 aliphatic carbocycles. The van der Waals surface area contributed by atoms with Crippen LogP contribution in [0, 0.1) is 16.0 Å². The average Bonchev–Trinajstić information content (AvgIpc) is 2.70. The molecule has 92 valence electrons. The third-order valence-electron chi connectivity index (χ3n) is 3.24. The molecule has 1 aromatic heterocycles. The average molecular weight is 236 g/mol. The molecular formula is C11H16N4O2. The zero-order chi connectivity index (χ0) is 12.4. The van der Waals surface area contributed by atoms with Crippen LogP contribution < -0.4 is 10.6 Å². The quantitative estimate of drug-likeness (QED) is 0.628. The SMILES string of the molecule is CC1CC(CN)CN1c1cccnc1[N+](=O)[O-]. The fourth-order valence-electron chi connectivity index (χ4n) is 2.40. The van der Waals surface area contributed by atoms with Crippen LogP contribution in [0.25, 0.3) is 0 Å². The van der Waals surface area contributed by atoms with Crippen LogP contribution in [-0.2, 0) is 0 Å². The van der Waals surface area contributed by atoms with E-state index >= 15 is 0 Å². The van der Waals surface area contributed by atoms with Gasteiger partial charge in [-0.3, -0.25) is 0 Å². The summed E-state index contributed by atoms with van der Waals surface area (Å²) in [5, 5.41) is 10.9. The molecule has 1 aliphatic rings. The summed E-state index contributed by atoms with van der Waals surface area (Å²) in [6.07, 6.45) is 2.42. The van der Waals surface area contributed by atoms with Crippen LogP contribution in [0.3, 0.4) is 0 Å². The number of hydrogen-bond acceptors (Lipinski definition) is 5. The highest BCUT2D eigenvalue weighted by Gasteiger charge is 2.32. The number of nitrogens with two attached hydrogens (primary N) is 1. The Morgan fingerprint density at radius 1 is 1.71 bits per heavy atom. The van der Waals surface area contributed by atoms with Crippen molar-refractivity contribution in [2.45, 2.75) is 19.4 Å². The summed E-state index contributed by atoms with van der Waals surface area (Å²) in [5.74, 6) is 0.335. The first-order chi connectivity index (χ1) is 8.13. The van der Waals surface area contributed by atoms with Crippen molar-refractivity contribution in [1.82, 2.24) is 4.98 Å². The number of anilines is 1. The summed E-state index contributed by atoms with van der Waals surface area (Å²) in [4.78, 5) is 16.4. The minimum Gasteiger partial charge on any atom is -0.362 e. The van der Waals surface area contributed by atoms with Crippen LogP contribution in [-0.4, -0.2) is 29.0 Å². The maximum absolute atomic E-state index is 10.9. The zero-order valence-electron chi connectivity index (χ0n) is 9.74. The Kier molecular flexibility index (Phi) is 3.23. The second-order valence-electron chi connectivity index (χ2n) is 4.44. The number of nitro groups is 1. The summed E-state index contributed by atoms with van der Waals surface area (Å²) in [7, 11) is 0. The van der Waals surface area contributed by atoms with Crippen molar-refractivity contribution in [2.24, 2.45) is 11.7 Å². The van der Waals surface area contributed by atoms with Gasteiger partial charge in [0.2, 0.25) is 0 Å². The predicted octanol–water partition coefficient (Wildman–Crippen LogP) is 1.16. The van der Waals surface area contributed by atoms with Crippen LogP contribution in [0.5, 0.6) is 0 Å². The zero-order valence-corrected chi connectivity index (χ0v) is 9.74. The summed E-state index contributed by atoms with van der Waals surface area (Å²) < 4.78 is 0. The first kappa shape index (κ1) is 11.8. The Bertz CT molecular complexity index is 424. The molecule has 2 atom stereocenters. The van der Waals surface area contributed by atoms with Gasteiger partial charge in [0, 0.05) is 12.6 Å². The Morgan fingerprint density at radius 3 is 3.06 bits per heavy atom. The van der Waals surface area contributed by atoms with Crippen LogP contribution >= 0.6 is 0 Å². The molecule has 2 rings (SSSR count). The summed E-state index contributed by atoms with van der Waals surface area (Å²) in [6, 6.07) is 3.75. The van der Waals surface area contributed by atoms with Gasteiger partial charge in [0.1, 0.15) is 11.9 Å². The van der Waals surface area contributed by atoms with Gasteiger partial charge in [-0.25, -0.2) is 0 Å². The predicted molar refractivity (Wildman–Crippen MR) is 64.9 cm³/mol. The second kappa shape index (κ2) is 4.67. The van der Waals surface area contributed by atoms with Crippen molar-refractivity contribution in [3.8, 4) is 0 Å². The maximum Gasteiger partial charge on any atom is 0.387 e. The van der Waals surface area contributed by atoms with E-state index in [2.05, 4.69) is 11.9 Å². The Balaban J connectivity index is 2.31. The van der Waals surface area contributed by atoms with E-state index < -0.39 is 4.92 Å². The van der Waals surface area contributed by atoms with Crippen molar-refractivity contribution >= 4 is 11.5 Å². The van der Waals surface area contributed by atoms with Crippen LogP contribution in [0.1, 0.15) is 13.3 Å².